The fraction of sp³-hybridized carbons (Fsp3) is 0.400. The number of nitrogens with zero attached hydrogens (tertiary/aromatic N) is 2. The van der Waals surface area contributed by atoms with Gasteiger partial charge >= 0.3 is 7.12 Å². The van der Waals surface area contributed by atoms with Crippen molar-refractivity contribution in [3.63, 3.8) is 0 Å². The largest absolute Gasteiger partial charge is 0.459 e. The lowest BCUT2D eigenvalue weighted by atomic mass is 9.68. The van der Waals surface area contributed by atoms with Gasteiger partial charge in [0.05, 0.1) is 6.07 Å². The summed E-state index contributed by atoms with van der Waals surface area (Å²) in [5, 5.41) is 27.0. The highest BCUT2D eigenvalue weighted by molar-refractivity contribution is 6.44. The van der Waals surface area contributed by atoms with Gasteiger partial charge in [-0.25, -0.2) is 0 Å². The van der Waals surface area contributed by atoms with Crippen LogP contribution in [0.1, 0.15) is 13.3 Å². The molecule has 0 aromatic rings. The van der Waals surface area contributed by atoms with Gasteiger partial charge in [0.25, 0.3) is 0 Å². The van der Waals surface area contributed by atoms with E-state index in [0.29, 0.717) is 17.7 Å². The minimum absolute atomic E-state index is 0.156. The van der Waals surface area contributed by atoms with Crippen LogP contribution in [-0.2, 0) is 4.79 Å². The van der Waals surface area contributed by atoms with Crippen LogP contribution in [0.3, 0.4) is 0 Å². The van der Waals surface area contributed by atoms with Crippen molar-refractivity contribution < 1.29 is 14.8 Å². The maximum atomic E-state index is 11.2. The van der Waals surface area contributed by atoms with Gasteiger partial charge in [-0.1, -0.05) is 6.08 Å². The average molecular weight is 220 g/mol. The molecule has 1 unspecified atom stereocenters. The zero-order chi connectivity index (χ0) is 12.3. The van der Waals surface area contributed by atoms with Crippen molar-refractivity contribution >= 4 is 13.0 Å². The van der Waals surface area contributed by atoms with Crippen molar-refractivity contribution in [1.29, 1.82) is 5.26 Å². The number of rotatable bonds is 2. The van der Waals surface area contributed by atoms with Gasteiger partial charge in [0.15, 0.2) is 0 Å². The Balaban J connectivity index is 2.97. The predicted octanol–water partition coefficient (Wildman–Crippen LogP) is 0.0453. The Kier molecular flexibility index (Phi) is 3.88. The number of hydrogen-bond donors (Lipinski definition) is 2. The van der Waals surface area contributed by atoms with Crippen molar-refractivity contribution in [1.82, 2.24) is 4.90 Å². The zero-order valence-corrected chi connectivity index (χ0v) is 9.21. The van der Waals surface area contributed by atoms with Crippen LogP contribution in [0.2, 0.25) is 5.82 Å². The van der Waals surface area contributed by atoms with E-state index in [1.54, 1.807) is 13.1 Å². The third kappa shape index (κ3) is 2.72. The summed E-state index contributed by atoms with van der Waals surface area (Å²) in [6.07, 6.45) is 3.42. The lowest BCUT2D eigenvalue weighted by molar-refractivity contribution is -0.125. The van der Waals surface area contributed by atoms with Crippen LogP contribution in [0, 0.1) is 11.3 Å². The lowest BCUT2D eigenvalue weighted by Gasteiger charge is -2.25. The summed E-state index contributed by atoms with van der Waals surface area (Å²) in [5.41, 5.74) is 0.956. The van der Waals surface area contributed by atoms with E-state index in [2.05, 4.69) is 0 Å². The molecule has 0 bridgehead atoms. The Labute approximate surface area is 94.4 Å². The van der Waals surface area contributed by atoms with E-state index in [1.165, 1.54) is 17.9 Å². The molecule has 1 amide bonds. The number of carbonyl (C=O) groups is 1. The number of carbonyl (C=O) groups excluding carboxylic acids is 1. The molecule has 1 aliphatic rings. The first kappa shape index (κ1) is 12.5. The lowest BCUT2D eigenvalue weighted by Crippen LogP contribution is -2.29. The van der Waals surface area contributed by atoms with Crippen molar-refractivity contribution in [3.05, 3.63) is 23.4 Å². The van der Waals surface area contributed by atoms with E-state index in [0.717, 1.165) is 0 Å². The Morgan fingerprint density at radius 1 is 1.69 bits per heavy atom. The SMILES string of the molecule is CC(=O)N(C)C1=CC(C#N)=CC(B(O)O)C1. The third-order valence-electron chi connectivity index (χ3n) is 2.58. The summed E-state index contributed by atoms with van der Waals surface area (Å²) in [6, 6.07) is 1.94. The molecule has 1 aliphatic carbocycles. The van der Waals surface area contributed by atoms with E-state index in [1.807, 2.05) is 6.07 Å². The highest BCUT2D eigenvalue weighted by Crippen LogP contribution is 2.29. The molecule has 0 fully saturated rings. The number of hydrogen-bond acceptors (Lipinski definition) is 4. The van der Waals surface area contributed by atoms with Gasteiger partial charge in [-0.3, -0.25) is 4.79 Å². The molecule has 6 heteroatoms. The summed E-state index contributed by atoms with van der Waals surface area (Å²) >= 11 is 0. The van der Waals surface area contributed by atoms with Crippen LogP contribution in [0.25, 0.3) is 0 Å². The molecular weight excluding hydrogens is 207 g/mol. The number of nitriles is 1. The summed E-state index contributed by atoms with van der Waals surface area (Å²) in [5.74, 6) is -0.701. The second-order valence-corrected chi connectivity index (χ2v) is 3.73. The first-order valence-electron chi connectivity index (χ1n) is 4.88. The van der Waals surface area contributed by atoms with Crippen molar-refractivity contribution in [2.75, 3.05) is 7.05 Å². The molecule has 0 radical (unpaired) electrons. The molecule has 16 heavy (non-hydrogen) atoms. The van der Waals surface area contributed by atoms with Crippen LogP contribution in [0.15, 0.2) is 23.4 Å². The molecule has 2 N–H and O–H groups in total. The smallest absolute Gasteiger partial charge is 0.427 e. The first-order chi connectivity index (χ1) is 7.45. The quantitative estimate of drug-likeness (QED) is 0.643. The van der Waals surface area contributed by atoms with E-state index in [4.69, 9.17) is 15.3 Å². The van der Waals surface area contributed by atoms with Gasteiger partial charge in [-0.05, 0) is 12.5 Å². The maximum absolute atomic E-state index is 11.2. The first-order valence-corrected chi connectivity index (χ1v) is 4.88. The second kappa shape index (κ2) is 4.97. The van der Waals surface area contributed by atoms with Gasteiger partial charge in [0.1, 0.15) is 0 Å². The summed E-state index contributed by atoms with van der Waals surface area (Å²) < 4.78 is 0. The monoisotopic (exact) mass is 220 g/mol. The molecular formula is C10H13BN2O3. The normalized spacial score (nSPS) is 19.3. The van der Waals surface area contributed by atoms with E-state index in [-0.39, 0.29) is 5.91 Å². The van der Waals surface area contributed by atoms with Crippen molar-refractivity contribution in [2.45, 2.75) is 19.2 Å². The molecule has 0 aliphatic heterocycles. The third-order valence-corrected chi connectivity index (χ3v) is 2.58. The van der Waals surface area contributed by atoms with Crippen molar-refractivity contribution in [2.24, 2.45) is 0 Å². The van der Waals surface area contributed by atoms with Gasteiger partial charge in [-0.15, -0.1) is 0 Å². The Morgan fingerprint density at radius 2 is 2.31 bits per heavy atom. The molecule has 84 valence electrons. The molecule has 1 rings (SSSR count). The Hall–Kier alpha value is -1.58. The minimum atomic E-state index is -1.52. The van der Waals surface area contributed by atoms with E-state index in [9.17, 15) is 4.79 Å². The van der Waals surface area contributed by atoms with Crippen LogP contribution >= 0.6 is 0 Å². The molecule has 0 saturated heterocycles. The van der Waals surface area contributed by atoms with Gasteiger partial charge < -0.3 is 14.9 Å². The van der Waals surface area contributed by atoms with E-state index >= 15 is 0 Å². The molecule has 5 nitrogen and oxygen atoms in total. The predicted molar refractivity (Wildman–Crippen MR) is 58.8 cm³/mol. The highest BCUT2D eigenvalue weighted by atomic mass is 16.4. The zero-order valence-electron chi connectivity index (χ0n) is 9.21. The van der Waals surface area contributed by atoms with Crippen LogP contribution in [0.4, 0.5) is 0 Å². The fourth-order valence-corrected chi connectivity index (χ4v) is 1.51. The molecule has 0 saturated carbocycles. The topological polar surface area (TPSA) is 84.6 Å². The average Bonchev–Trinajstić information content (AvgIpc) is 2.27. The van der Waals surface area contributed by atoms with E-state index < -0.39 is 12.9 Å². The van der Waals surface area contributed by atoms with Crippen LogP contribution in [0.5, 0.6) is 0 Å². The summed E-state index contributed by atoms with van der Waals surface area (Å²) in [4.78, 5) is 12.6. The van der Waals surface area contributed by atoms with Gasteiger partial charge in [0.2, 0.25) is 5.91 Å². The Morgan fingerprint density at radius 3 is 2.75 bits per heavy atom. The summed E-state index contributed by atoms with van der Waals surface area (Å²) in [7, 11) is 0.0716. The number of amides is 1. The van der Waals surface area contributed by atoms with Crippen molar-refractivity contribution in [3.8, 4) is 6.07 Å². The minimum Gasteiger partial charge on any atom is -0.427 e. The molecule has 0 aromatic carbocycles. The molecule has 0 aromatic heterocycles. The molecule has 0 heterocycles. The second-order valence-electron chi connectivity index (χ2n) is 3.73. The fourth-order valence-electron chi connectivity index (χ4n) is 1.51. The van der Waals surface area contributed by atoms with Gasteiger partial charge in [-0.2, -0.15) is 5.26 Å². The molecule has 1 atom stereocenters. The molecule has 0 spiro atoms. The maximum Gasteiger partial charge on any atom is 0.459 e. The standard InChI is InChI=1S/C10H13BN2O3/c1-7(14)13(2)10-4-8(6-12)3-9(5-10)11(15)16/h3-4,9,15-16H,5H2,1-2H3. The van der Waals surface area contributed by atoms with Gasteiger partial charge in [0, 0.05) is 31.1 Å². The number of allylic oxidation sites excluding steroid dienone is 4. The Bertz CT molecular complexity index is 395. The van der Waals surface area contributed by atoms with Crippen LogP contribution < -0.4 is 0 Å². The summed E-state index contributed by atoms with van der Waals surface area (Å²) in [6.45, 7) is 1.41. The van der Waals surface area contributed by atoms with Crippen LogP contribution in [-0.4, -0.2) is 35.0 Å². The highest BCUT2D eigenvalue weighted by Gasteiger charge is 2.27.